The summed E-state index contributed by atoms with van der Waals surface area (Å²) in [5.41, 5.74) is 0. The summed E-state index contributed by atoms with van der Waals surface area (Å²) in [6.07, 6.45) is 6.44. The van der Waals surface area contributed by atoms with Gasteiger partial charge in [0.25, 0.3) is 0 Å². The zero-order valence-electron chi connectivity index (χ0n) is 8.83. The van der Waals surface area contributed by atoms with Gasteiger partial charge < -0.3 is 4.90 Å². The Balaban J connectivity index is 2.88. The Kier molecular flexibility index (Phi) is 4.15. The maximum absolute atomic E-state index is 4.11. The van der Waals surface area contributed by atoms with Crippen LogP contribution in [0, 0.1) is 0 Å². The minimum absolute atomic E-state index is 0.751. The van der Waals surface area contributed by atoms with E-state index < -0.39 is 0 Å². The smallest absolute Gasteiger partial charge is 0.137 e. The molecule has 0 bridgehead atoms. The second-order valence-corrected chi connectivity index (χ2v) is 2.70. The molecule has 0 atom stereocenters. The van der Waals surface area contributed by atoms with E-state index in [1.54, 1.807) is 12.3 Å². The van der Waals surface area contributed by atoms with Crippen LogP contribution in [0.2, 0.25) is 0 Å². The van der Waals surface area contributed by atoms with Gasteiger partial charge in [0.05, 0.1) is 0 Å². The Morgan fingerprint density at radius 2 is 2.40 bits per heavy atom. The molecule has 0 aromatic carbocycles. The fourth-order valence-electron chi connectivity index (χ4n) is 1.05. The highest BCUT2D eigenvalue weighted by molar-refractivity contribution is 5.64. The van der Waals surface area contributed by atoms with Crippen molar-refractivity contribution in [3.05, 3.63) is 30.5 Å². The van der Waals surface area contributed by atoms with Gasteiger partial charge in [0, 0.05) is 13.2 Å². The van der Waals surface area contributed by atoms with Gasteiger partial charge in [-0.2, -0.15) is 0 Å². The van der Waals surface area contributed by atoms with Gasteiger partial charge in [0.15, 0.2) is 0 Å². The van der Waals surface area contributed by atoms with Gasteiger partial charge >= 0.3 is 0 Å². The van der Waals surface area contributed by atoms with Gasteiger partial charge in [-0.25, -0.2) is 15.0 Å². The number of allylic oxidation sites excluding steroid dienone is 1. The Labute approximate surface area is 88.9 Å². The minimum Gasteiger partial charge on any atom is -0.314 e. The van der Waals surface area contributed by atoms with Crippen molar-refractivity contribution in [3.63, 3.8) is 0 Å². The summed E-state index contributed by atoms with van der Waals surface area (Å²) in [5.74, 6) is 1.53. The van der Waals surface area contributed by atoms with E-state index in [0.29, 0.717) is 0 Å². The van der Waals surface area contributed by atoms with Crippen molar-refractivity contribution in [2.24, 2.45) is 9.98 Å². The van der Waals surface area contributed by atoms with E-state index in [2.05, 4.69) is 26.7 Å². The van der Waals surface area contributed by atoms with E-state index in [-0.39, 0.29) is 0 Å². The molecule has 0 radical (unpaired) electrons. The molecule has 1 aromatic heterocycles. The van der Waals surface area contributed by atoms with E-state index in [4.69, 9.17) is 0 Å². The SMILES string of the molecule is C=N/C=N\C(=C/C)N(C)c1ccncn1. The molecule has 0 amide bonds. The lowest BCUT2D eigenvalue weighted by Crippen LogP contribution is -2.16. The van der Waals surface area contributed by atoms with Crippen LogP contribution in [0.3, 0.4) is 0 Å². The molecule has 0 N–H and O–H groups in total. The first-order valence-electron chi connectivity index (χ1n) is 4.44. The zero-order chi connectivity index (χ0) is 11.1. The van der Waals surface area contributed by atoms with Gasteiger partial charge in [-0.1, -0.05) is 0 Å². The van der Waals surface area contributed by atoms with Crippen molar-refractivity contribution < 1.29 is 0 Å². The fraction of sp³-hybridized carbons (Fsp3) is 0.200. The predicted molar refractivity (Wildman–Crippen MR) is 62.2 cm³/mol. The lowest BCUT2D eigenvalue weighted by Gasteiger charge is -2.17. The minimum atomic E-state index is 0.751. The number of rotatable bonds is 4. The third-order valence-electron chi connectivity index (χ3n) is 1.78. The molecule has 0 unspecified atom stereocenters. The number of hydrogen-bond acceptors (Lipinski definition) is 4. The predicted octanol–water partition coefficient (Wildman–Crippen LogP) is 1.50. The largest absolute Gasteiger partial charge is 0.314 e. The van der Waals surface area contributed by atoms with Crippen LogP contribution in [0.15, 0.2) is 40.5 Å². The van der Waals surface area contributed by atoms with Crippen molar-refractivity contribution in [1.82, 2.24) is 9.97 Å². The van der Waals surface area contributed by atoms with Crippen LogP contribution in [0.25, 0.3) is 0 Å². The molecule has 0 aliphatic rings. The van der Waals surface area contributed by atoms with E-state index in [1.807, 2.05) is 24.9 Å². The van der Waals surface area contributed by atoms with Gasteiger partial charge in [0.2, 0.25) is 0 Å². The molecule has 1 heterocycles. The highest BCUT2D eigenvalue weighted by Gasteiger charge is 2.04. The van der Waals surface area contributed by atoms with Crippen LogP contribution >= 0.6 is 0 Å². The summed E-state index contributed by atoms with van der Waals surface area (Å²) in [5, 5.41) is 0. The first kappa shape index (κ1) is 11.0. The first-order chi connectivity index (χ1) is 7.29. The first-order valence-corrected chi connectivity index (χ1v) is 4.44. The monoisotopic (exact) mass is 203 g/mol. The molecular weight excluding hydrogens is 190 g/mol. The van der Waals surface area contributed by atoms with Crippen molar-refractivity contribution >= 4 is 18.9 Å². The molecule has 78 valence electrons. The molecule has 5 heteroatoms. The summed E-state index contributed by atoms with van der Waals surface area (Å²) < 4.78 is 0. The number of nitrogens with zero attached hydrogens (tertiary/aromatic N) is 5. The van der Waals surface area contributed by atoms with Gasteiger partial charge in [0.1, 0.15) is 24.3 Å². The molecule has 0 saturated heterocycles. The zero-order valence-corrected chi connectivity index (χ0v) is 8.83. The molecule has 0 fully saturated rings. The molecule has 1 aromatic rings. The van der Waals surface area contributed by atoms with Gasteiger partial charge in [-0.05, 0) is 25.8 Å². The summed E-state index contributed by atoms with van der Waals surface area (Å²) in [6.45, 7) is 5.22. The Morgan fingerprint density at radius 1 is 1.60 bits per heavy atom. The van der Waals surface area contributed by atoms with Crippen LogP contribution in [-0.2, 0) is 0 Å². The topological polar surface area (TPSA) is 53.7 Å². The maximum Gasteiger partial charge on any atom is 0.137 e. The molecule has 5 nitrogen and oxygen atoms in total. The summed E-state index contributed by atoms with van der Waals surface area (Å²) in [6, 6.07) is 1.81. The summed E-state index contributed by atoms with van der Waals surface area (Å²) >= 11 is 0. The van der Waals surface area contributed by atoms with Crippen molar-refractivity contribution in [2.75, 3.05) is 11.9 Å². The highest BCUT2D eigenvalue weighted by atomic mass is 15.2. The van der Waals surface area contributed by atoms with E-state index in [1.165, 1.54) is 12.7 Å². The number of anilines is 1. The van der Waals surface area contributed by atoms with Crippen LogP contribution in [0.4, 0.5) is 5.82 Å². The molecule has 1 rings (SSSR count). The van der Waals surface area contributed by atoms with Crippen molar-refractivity contribution in [3.8, 4) is 0 Å². The molecule has 0 aliphatic carbocycles. The number of aliphatic imine (C=N–C) groups is 2. The normalized spacial score (nSPS) is 11.7. The Hall–Kier alpha value is -2.04. The second kappa shape index (κ2) is 5.64. The highest BCUT2D eigenvalue weighted by Crippen LogP contribution is 2.12. The third kappa shape index (κ3) is 2.98. The average Bonchev–Trinajstić information content (AvgIpc) is 2.31. The van der Waals surface area contributed by atoms with Crippen LogP contribution < -0.4 is 4.90 Å². The maximum atomic E-state index is 4.11. The lowest BCUT2D eigenvalue weighted by atomic mass is 10.5. The molecule has 0 saturated carbocycles. The third-order valence-corrected chi connectivity index (χ3v) is 1.78. The van der Waals surface area contributed by atoms with Crippen LogP contribution in [0.1, 0.15) is 6.92 Å². The van der Waals surface area contributed by atoms with Crippen LogP contribution in [-0.4, -0.2) is 30.1 Å². The number of aromatic nitrogens is 2. The number of hydrogen-bond donors (Lipinski definition) is 0. The average molecular weight is 203 g/mol. The lowest BCUT2D eigenvalue weighted by molar-refractivity contribution is 0.999. The molecule has 0 spiro atoms. The summed E-state index contributed by atoms with van der Waals surface area (Å²) in [4.78, 5) is 17.5. The van der Waals surface area contributed by atoms with Crippen molar-refractivity contribution in [2.45, 2.75) is 6.92 Å². The van der Waals surface area contributed by atoms with Crippen molar-refractivity contribution in [1.29, 1.82) is 0 Å². The van der Waals surface area contributed by atoms with Gasteiger partial charge in [-0.3, -0.25) is 4.99 Å². The van der Waals surface area contributed by atoms with Gasteiger partial charge in [-0.15, -0.1) is 0 Å². The molecule has 15 heavy (non-hydrogen) atoms. The summed E-state index contributed by atoms with van der Waals surface area (Å²) in [7, 11) is 1.87. The standard InChI is InChI=1S/C10H13N5/c1-4-9(13-7-11-2)15(3)10-5-6-12-8-14-10/h4-8H,2H2,1,3H3/b9-4+,13-7-. The second-order valence-electron chi connectivity index (χ2n) is 2.70. The molecule has 0 aliphatic heterocycles. The van der Waals surface area contributed by atoms with E-state index in [9.17, 15) is 0 Å². The quantitative estimate of drug-likeness (QED) is 0.550. The van der Waals surface area contributed by atoms with Crippen LogP contribution in [0.5, 0.6) is 0 Å². The molecular formula is C10H13N5. The fourth-order valence-corrected chi connectivity index (χ4v) is 1.05. The Morgan fingerprint density at radius 3 is 2.93 bits per heavy atom. The van der Waals surface area contributed by atoms with E-state index >= 15 is 0 Å². The van der Waals surface area contributed by atoms with E-state index in [0.717, 1.165) is 11.6 Å². The Bertz CT molecular complexity index is 369.